The number of nitrogens with zero attached hydrogens (tertiary/aromatic N) is 1. The molecule has 0 aliphatic heterocycles. The maximum absolute atomic E-state index is 11.9. The summed E-state index contributed by atoms with van der Waals surface area (Å²) in [4.78, 5) is 32.8. The van der Waals surface area contributed by atoms with Crippen LogP contribution in [0.2, 0.25) is 0 Å². The number of benzene rings is 1. The van der Waals surface area contributed by atoms with Gasteiger partial charge in [-0.25, -0.2) is 4.79 Å². The molecule has 2 N–H and O–H groups in total. The van der Waals surface area contributed by atoms with Crippen molar-refractivity contribution in [3.8, 4) is 0 Å². The molecular formula is C17H25N3O8. The number of hydrogen-bond donors (Lipinski definition) is 2. The highest BCUT2D eigenvalue weighted by atomic mass is 16.6. The van der Waals surface area contributed by atoms with E-state index in [9.17, 15) is 19.7 Å². The molecule has 0 aliphatic carbocycles. The molecule has 0 aromatic heterocycles. The molecule has 2 amide bonds. The smallest absolute Gasteiger partial charge is 0.406 e. The molecule has 0 bridgehead atoms. The van der Waals surface area contributed by atoms with E-state index < -0.39 is 16.9 Å². The highest BCUT2D eigenvalue weighted by molar-refractivity contribution is 5.94. The van der Waals surface area contributed by atoms with Crippen LogP contribution in [0.4, 0.5) is 10.5 Å². The summed E-state index contributed by atoms with van der Waals surface area (Å²) in [7, 11) is 1.48. The van der Waals surface area contributed by atoms with Crippen LogP contribution in [-0.2, 0) is 18.9 Å². The average Bonchev–Trinajstić information content (AvgIpc) is 2.71. The first-order chi connectivity index (χ1) is 13.5. The predicted molar refractivity (Wildman–Crippen MR) is 98.3 cm³/mol. The molecule has 0 saturated heterocycles. The Morgan fingerprint density at radius 1 is 1.00 bits per heavy atom. The Bertz CT molecular complexity index is 626. The number of alkyl carbamates (subject to hydrolysis) is 1. The number of nitrogens with one attached hydrogen (secondary N) is 2. The number of carbonyl (C=O) groups excluding carboxylic acids is 2. The molecule has 0 saturated carbocycles. The Balaban J connectivity index is 1.95. The average molecular weight is 399 g/mol. The van der Waals surface area contributed by atoms with Gasteiger partial charge in [-0.15, -0.1) is 0 Å². The van der Waals surface area contributed by atoms with Gasteiger partial charge in [0.15, 0.2) is 0 Å². The van der Waals surface area contributed by atoms with Gasteiger partial charge in [-0.3, -0.25) is 14.9 Å². The third-order valence-electron chi connectivity index (χ3n) is 3.26. The molecule has 11 nitrogen and oxygen atoms in total. The van der Waals surface area contributed by atoms with Crippen molar-refractivity contribution in [2.75, 3.05) is 59.8 Å². The van der Waals surface area contributed by atoms with Crippen LogP contribution in [0.3, 0.4) is 0 Å². The van der Waals surface area contributed by atoms with Crippen LogP contribution in [0.1, 0.15) is 10.4 Å². The Kier molecular flexibility index (Phi) is 11.9. The van der Waals surface area contributed by atoms with Gasteiger partial charge in [-0.2, -0.15) is 0 Å². The lowest BCUT2D eigenvalue weighted by atomic mass is 10.2. The number of non-ortho nitro benzene ring substituents is 1. The molecule has 0 heterocycles. The van der Waals surface area contributed by atoms with Crippen molar-refractivity contribution >= 4 is 17.7 Å². The lowest BCUT2D eigenvalue weighted by Crippen LogP contribution is -2.27. The third-order valence-corrected chi connectivity index (χ3v) is 3.26. The predicted octanol–water partition coefficient (Wildman–Crippen LogP) is 0.730. The summed E-state index contributed by atoms with van der Waals surface area (Å²) in [5.41, 5.74) is 0.0854. The molecule has 1 aromatic rings. The zero-order chi connectivity index (χ0) is 20.6. The van der Waals surface area contributed by atoms with Crippen molar-refractivity contribution in [2.45, 2.75) is 0 Å². The van der Waals surface area contributed by atoms with Crippen molar-refractivity contribution in [1.82, 2.24) is 10.6 Å². The topological polar surface area (TPSA) is 138 Å². The second-order valence-electron chi connectivity index (χ2n) is 5.29. The Morgan fingerprint density at radius 2 is 1.61 bits per heavy atom. The van der Waals surface area contributed by atoms with E-state index in [4.69, 9.17) is 18.9 Å². The molecule has 156 valence electrons. The highest BCUT2D eigenvalue weighted by Crippen LogP contribution is 2.12. The van der Waals surface area contributed by atoms with Crippen LogP contribution < -0.4 is 10.6 Å². The van der Waals surface area contributed by atoms with Crippen LogP contribution in [0.25, 0.3) is 0 Å². The number of rotatable bonds is 14. The molecule has 0 aliphatic rings. The van der Waals surface area contributed by atoms with E-state index in [1.165, 1.54) is 31.3 Å². The number of ether oxygens (including phenoxy) is 4. The quantitative estimate of drug-likeness (QED) is 0.265. The van der Waals surface area contributed by atoms with Crippen molar-refractivity contribution in [2.24, 2.45) is 0 Å². The van der Waals surface area contributed by atoms with E-state index in [0.717, 1.165) is 0 Å². The fourth-order valence-electron chi connectivity index (χ4n) is 1.91. The summed E-state index contributed by atoms with van der Waals surface area (Å²) < 4.78 is 20.6. The first-order valence-corrected chi connectivity index (χ1v) is 8.65. The van der Waals surface area contributed by atoms with Gasteiger partial charge in [0.25, 0.3) is 11.6 Å². The molecule has 0 radical (unpaired) electrons. The molecule has 1 aromatic carbocycles. The van der Waals surface area contributed by atoms with Crippen molar-refractivity contribution in [1.29, 1.82) is 0 Å². The van der Waals surface area contributed by atoms with Gasteiger partial charge in [-0.05, 0) is 6.07 Å². The van der Waals surface area contributed by atoms with Crippen molar-refractivity contribution < 1.29 is 33.5 Å². The zero-order valence-electron chi connectivity index (χ0n) is 15.7. The third kappa shape index (κ3) is 10.4. The summed E-state index contributed by atoms with van der Waals surface area (Å²) in [5.74, 6) is -0.402. The van der Waals surface area contributed by atoms with E-state index in [2.05, 4.69) is 10.6 Å². The van der Waals surface area contributed by atoms with E-state index >= 15 is 0 Å². The SMILES string of the molecule is CNC(=O)OCCOCCOCCOCCNC(=O)c1cccc([N+](=O)[O-])c1. The largest absolute Gasteiger partial charge is 0.447 e. The molecule has 28 heavy (non-hydrogen) atoms. The van der Waals surface area contributed by atoms with Gasteiger partial charge < -0.3 is 29.6 Å². The molecule has 11 heteroatoms. The monoisotopic (exact) mass is 399 g/mol. The van der Waals surface area contributed by atoms with Crippen LogP contribution in [0.15, 0.2) is 24.3 Å². The maximum Gasteiger partial charge on any atom is 0.406 e. The number of amides is 2. The van der Waals surface area contributed by atoms with Crippen molar-refractivity contribution in [3.05, 3.63) is 39.9 Å². The Morgan fingerprint density at radius 3 is 2.21 bits per heavy atom. The van der Waals surface area contributed by atoms with Gasteiger partial charge in [0.2, 0.25) is 0 Å². The highest BCUT2D eigenvalue weighted by Gasteiger charge is 2.10. The number of nitro groups is 1. The van der Waals surface area contributed by atoms with E-state index in [1.807, 2.05) is 0 Å². The van der Waals surface area contributed by atoms with Gasteiger partial charge in [0.05, 0.1) is 44.6 Å². The van der Waals surface area contributed by atoms with Gasteiger partial charge in [0.1, 0.15) is 6.61 Å². The normalized spacial score (nSPS) is 10.3. The zero-order valence-corrected chi connectivity index (χ0v) is 15.7. The molecule has 0 fully saturated rings. The van der Waals surface area contributed by atoms with Crippen LogP contribution in [0, 0.1) is 10.1 Å². The van der Waals surface area contributed by atoms with Crippen molar-refractivity contribution in [3.63, 3.8) is 0 Å². The molecule has 1 rings (SSSR count). The Hall–Kier alpha value is -2.76. The van der Waals surface area contributed by atoms with E-state index in [0.29, 0.717) is 26.4 Å². The molecule has 0 unspecified atom stereocenters. The second-order valence-corrected chi connectivity index (χ2v) is 5.29. The van der Waals surface area contributed by atoms with Crippen LogP contribution in [0.5, 0.6) is 0 Å². The number of nitro benzene ring substituents is 1. The van der Waals surface area contributed by atoms with E-state index in [1.54, 1.807) is 0 Å². The second kappa shape index (κ2) is 14.3. The molecular weight excluding hydrogens is 374 g/mol. The maximum atomic E-state index is 11.9. The van der Waals surface area contributed by atoms with Gasteiger partial charge in [0, 0.05) is 31.3 Å². The lowest BCUT2D eigenvalue weighted by molar-refractivity contribution is -0.384. The van der Waals surface area contributed by atoms with Gasteiger partial charge >= 0.3 is 6.09 Å². The number of hydrogen-bond acceptors (Lipinski definition) is 8. The fourth-order valence-corrected chi connectivity index (χ4v) is 1.91. The summed E-state index contributed by atoms with van der Waals surface area (Å²) in [6.45, 7) is 2.50. The minimum absolute atomic E-state index is 0.135. The summed E-state index contributed by atoms with van der Waals surface area (Å²) in [6.07, 6.45) is -0.502. The standard InChI is InChI=1S/C17H25N3O8/c1-18-17(22)28-12-11-27-10-9-26-8-7-25-6-5-19-16(21)14-3-2-4-15(13-14)20(23)24/h2-4,13H,5-12H2,1H3,(H,18,22)(H,19,21). The first kappa shape index (κ1) is 23.3. The van der Waals surface area contributed by atoms with E-state index in [-0.39, 0.29) is 37.6 Å². The molecule has 0 atom stereocenters. The summed E-state index contributed by atoms with van der Waals surface area (Å²) >= 11 is 0. The Labute approximate surface area is 162 Å². The first-order valence-electron chi connectivity index (χ1n) is 8.65. The number of carbonyl (C=O) groups is 2. The minimum atomic E-state index is -0.552. The lowest BCUT2D eigenvalue weighted by Gasteiger charge is -2.08. The fraction of sp³-hybridized carbons (Fsp3) is 0.529. The summed E-state index contributed by atoms with van der Waals surface area (Å²) in [6, 6.07) is 5.50. The van der Waals surface area contributed by atoms with Crippen LogP contribution in [-0.4, -0.2) is 76.8 Å². The van der Waals surface area contributed by atoms with Crippen LogP contribution >= 0.6 is 0 Å². The van der Waals surface area contributed by atoms with Gasteiger partial charge in [-0.1, -0.05) is 6.07 Å². The summed E-state index contributed by atoms with van der Waals surface area (Å²) in [5, 5.41) is 15.6. The molecule has 0 spiro atoms. The minimum Gasteiger partial charge on any atom is -0.447 e.